The van der Waals surface area contributed by atoms with Gasteiger partial charge < -0.3 is 9.73 Å². The smallest absolute Gasteiger partial charge is 0.273 e. The Balaban J connectivity index is 2.29. The lowest BCUT2D eigenvalue weighted by atomic mass is 10.1. The van der Waals surface area contributed by atoms with Crippen LogP contribution in [0.3, 0.4) is 0 Å². The lowest BCUT2D eigenvalue weighted by Crippen LogP contribution is -2.08. The fourth-order valence-electron chi connectivity index (χ4n) is 2.37. The van der Waals surface area contributed by atoms with Crippen molar-refractivity contribution < 1.29 is 9.34 Å². The molecule has 0 aliphatic carbocycles. The van der Waals surface area contributed by atoms with Gasteiger partial charge in [-0.2, -0.15) is 0 Å². The zero-order valence-corrected chi connectivity index (χ0v) is 13.9. The van der Waals surface area contributed by atoms with Crippen molar-refractivity contribution in [1.29, 1.82) is 0 Å². The van der Waals surface area contributed by atoms with Crippen LogP contribution in [0.1, 0.15) is 35.6 Å². The average Bonchev–Trinajstić information content (AvgIpc) is 2.72. The van der Waals surface area contributed by atoms with Gasteiger partial charge in [0.25, 0.3) is 5.69 Å². The number of nitrogens with one attached hydrogen (secondary N) is 1. The number of nitro groups is 1. The Morgan fingerprint density at radius 1 is 1.29 bits per heavy atom. The number of hydrogen-bond acceptors (Lipinski definition) is 4. The molecule has 0 saturated carbocycles. The zero-order valence-electron chi connectivity index (χ0n) is 12.4. The third-order valence-corrected chi connectivity index (χ3v) is 4.06. The van der Waals surface area contributed by atoms with E-state index >= 15 is 0 Å². The summed E-state index contributed by atoms with van der Waals surface area (Å²) in [6, 6.07) is 5.34. The van der Waals surface area contributed by atoms with Gasteiger partial charge >= 0.3 is 0 Å². The van der Waals surface area contributed by atoms with Crippen LogP contribution in [0.2, 0.25) is 0 Å². The van der Waals surface area contributed by atoms with Crippen molar-refractivity contribution in [2.24, 2.45) is 0 Å². The fraction of sp³-hybridized carbons (Fsp3) is 0.333. The van der Waals surface area contributed by atoms with Crippen molar-refractivity contribution in [3.8, 4) is 0 Å². The highest BCUT2D eigenvalue weighted by molar-refractivity contribution is 9.10. The van der Waals surface area contributed by atoms with E-state index in [2.05, 4.69) is 21.2 Å². The summed E-state index contributed by atoms with van der Waals surface area (Å²) in [4.78, 5) is 10.6. The molecule has 0 saturated heterocycles. The maximum atomic E-state index is 10.9. The molecule has 5 nitrogen and oxygen atoms in total. The molecule has 1 unspecified atom stereocenters. The number of hydrogen-bond donors (Lipinski definition) is 1. The Morgan fingerprint density at radius 3 is 2.48 bits per heavy atom. The molecule has 0 aliphatic rings. The number of halogens is 1. The van der Waals surface area contributed by atoms with Gasteiger partial charge in [-0.15, -0.1) is 0 Å². The van der Waals surface area contributed by atoms with Crippen molar-refractivity contribution in [1.82, 2.24) is 0 Å². The minimum absolute atomic E-state index is 0.0413. The number of nitrogens with zero attached hydrogens (tertiary/aromatic N) is 1. The molecular weight excluding hydrogens is 336 g/mol. The first-order valence-corrected chi connectivity index (χ1v) is 7.37. The largest absolute Gasteiger partial charge is 0.466 e. The molecule has 0 fully saturated rings. The Kier molecular flexibility index (Phi) is 4.37. The molecule has 0 aliphatic heterocycles. The molecule has 0 amide bonds. The fourth-order valence-corrected chi connectivity index (χ4v) is 2.82. The molecule has 0 spiro atoms. The van der Waals surface area contributed by atoms with E-state index in [1.807, 2.05) is 26.8 Å². The predicted molar refractivity (Wildman–Crippen MR) is 85.8 cm³/mol. The number of rotatable bonds is 4. The topological polar surface area (TPSA) is 68.3 Å². The van der Waals surface area contributed by atoms with E-state index in [0.717, 1.165) is 22.8 Å². The van der Waals surface area contributed by atoms with Crippen LogP contribution in [0.4, 0.5) is 11.4 Å². The number of benzene rings is 1. The van der Waals surface area contributed by atoms with E-state index in [9.17, 15) is 10.1 Å². The summed E-state index contributed by atoms with van der Waals surface area (Å²) in [5, 5.41) is 14.3. The Morgan fingerprint density at radius 2 is 1.95 bits per heavy atom. The minimum Gasteiger partial charge on any atom is -0.466 e. The normalized spacial score (nSPS) is 12.2. The number of furan rings is 1. The van der Waals surface area contributed by atoms with Crippen molar-refractivity contribution >= 4 is 27.3 Å². The number of anilines is 1. The molecule has 1 heterocycles. The SMILES string of the molecule is Cc1cc(C(C)Nc2cc(C)c([N+](=O)[O-])cc2Br)c(C)o1. The van der Waals surface area contributed by atoms with E-state index in [1.165, 1.54) is 6.07 Å². The summed E-state index contributed by atoms with van der Waals surface area (Å²) < 4.78 is 6.21. The van der Waals surface area contributed by atoms with Gasteiger partial charge in [0.15, 0.2) is 0 Å². The highest BCUT2D eigenvalue weighted by atomic mass is 79.9. The maximum absolute atomic E-state index is 10.9. The second kappa shape index (κ2) is 5.89. The van der Waals surface area contributed by atoms with Gasteiger partial charge in [0.1, 0.15) is 11.5 Å². The molecule has 2 aromatic rings. The van der Waals surface area contributed by atoms with Crippen molar-refractivity contribution in [2.75, 3.05) is 5.32 Å². The van der Waals surface area contributed by atoms with E-state index in [4.69, 9.17) is 4.42 Å². The lowest BCUT2D eigenvalue weighted by Gasteiger charge is -2.16. The van der Waals surface area contributed by atoms with E-state index in [0.29, 0.717) is 10.0 Å². The van der Waals surface area contributed by atoms with Crippen LogP contribution in [0.25, 0.3) is 0 Å². The second-order valence-electron chi connectivity index (χ2n) is 5.11. The molecule has 2 rings (SSSR count). The van der Waals surface area contributed by atoms with Crippen LogP contribution >= 0.6 is 15.9 Å². The van der Waals surface area contributed by atoms with Crippen LogP contribution in [0.5, 0.6) is 0 Å². The highest BCUT2D eigenvalue weighted by Gasteiger charge is 2.17. The first kappa shape index (κ1) is 15.6. The third kappa shape index (κ3) is 3.26. The molecule has 0 radical (unpaired) electrons. The minimum atomic E-state index is -0.378. The molecule has 1 N–H and O–H groups in total. The predicted octanol–water partition coefficient (Wildman–Crippen LogP) is 5.05. The first-order valence-electron chi connectivity index (χ1n) is 6.57. The van der Waals surface area contributed by atoms with Crippen LogP contribution in [0, 0.1) is 30.9 Å². The standard InChI is InChI=1S/C15H17BrN2O3/c1-8-5-14(13(16)7-15(8)18(19)20)17-10(3)12-6-9(2)21-11(12)4/h5-7,10,17H,1-4H3. The maximum Gasteiger partial charge on any atom is 0.273 e. The van der Waals surface area contributed by atoms with Gasteiger partial charge in [-0.3, -0.25) is 10.1 Å². The molecule has 1 atom stereocenters. The lowest BCUT2D eigenvalue weighted by molar-refractivity contribution is -0.385. The van der Waals surface area contributed by atoms with Gasteiger partial charge in [0, 0.05) is 27.4 Å². The van der Waals surface area contributed by atoms with E-state index < -0.39 is 0 Å². The average molecular weight is 353 g/mol. The summed E-state index contributed by atoms with van der Waals surface area (Å²) in [7, 11) is 0. The highest BCUT2D eigenvalue weighted by Crippen LogP contribution is 2.33. The van der Waals surface area contributed by atoms with Gasteiger partial charge in [-0.05, 0) is 55.8 Å². The van der Waals surface area contributed by atoms with E-state index in [-0.39, 0.29) is 16.7 Å². The molecule has 112 valence electrons. The van der Waals surface area contributed by atoms with E-state index in [1.54, 1.807) is 13.0 Å². The summed E-state index contributed by atoms with van der Waals surface area (Å²) in [6.07, 6.45) is 0. The molecule has 1 aromatic carbocycles. The Hall–Kier alpha value is -1.82. The van der Waals surface area contributed by atoms with Crippen LogP contribution < -0.4 is 5.32 Å². The van der Waals surface area contributed by atoms with Gasteiger partial charge in [0.05, 0.1) is 11.0 Å². The third-order valence-electron chi connectivity index (χ3n) is 3.40. The van der Waals surface area contributed by atoms with Gasteiger partial charge in [-0.1, -0.05) is 0 Å². The Bertz CT molecular complexity index is 694. The molecule has 0 bridgehead atoms. The molecule has 6 heteroatoms. The summed E-state index contributed by atoms with van der Waals surface area (Å²) in [5.74, 6) is 1.75. The second-order valence-corrected chi connectivity index (χ2v) is 5.96. The molecular formula is C15H17BrN2O3. The summed E-state index contributed by atoms with van der Waals surface area (Å²) in [6.45, 7) is 7.60. The van der Waals surface area contributed by atoms with Crippen molar-refractivity contribution in [3.63, 3.8) is 0 Å². The molecule has 1 aromatic heterocycles. The first-order chi connectivity index (χ1) is 9.79. The summed E-state index contributed by atoms with van der Waals surface area (Å²) in [5.41, 5.74) is 2.63. The van der Waals surface area contributed by atoms with Gasteiger partial charge in [-0.25, -0.2) is 0 Å². The van der Waals surface area contributed by atoms with Crippen LogP contribution in [-0.2, 0) is 0 Å². The zero-order chi connectivity index (χ0) is 15.7. The number of aryl methyl sites for hydroxylation is 3. The van der Waals surface area contributed by atoms with Crippen LogP contribution in [-0.4, -0.2) is 4.92 Å². The Labute approximate surface area is 131 Å². The monoisotopic (exact) mass is 352 g/mol. The van der Waals surface area contributed by atoms with Gasteiger partial charge in [0.2, 0.25) is 0 Å². The molecule has 21 heavy (non-hydrogen) atoms. The summed E-state index contributed by atoms with van der Waals surface area (Å²) >= 11 is 3.38. The van der Waals surface area contributed by atoms with Crippen molar-refractivity contribution in [3.05, 3.63) is 55.4 Å². The van der Waals surface area contributed by atoms with Crippen LogP contribution in [0.15, 0.2) is 27.1 Å². The quantitative estimate of drug-likeness (QED) is 0.617. The van der Waals surface area contributed by atoms with Crippen molar-refractivity contribution in [2.45, 2.75) is 33.7 Å². The number of nitro benzene ring substituents is 1.